The molecule has 2 rings (SSSR count). The standard InChI is InChI=1S/C16H21F3N2O3/c1-2-11(9-21-15(22)14-10-20-7-8-23-14)24-13-6-4-3-5-12(13)16(17,18)19/h3-6,11,14,20H,2,7-10H2,1H3,(H,21,22). The first-order valence-corrected chi connectivity index (χ1v) is 7.84. The zero-order valence-electron chi connectivity index (χ0n) is 13.4. The minimum atomic E-state index is -4.49. The van der Waals surface area contributed by atoms with Crippen molar-refractivity contribution < 1.29 is 27.4 Å². The predicted octanol–water partition coefficient (Wildman–Crippen LogP) is 1.97. The van der Waals surface area contributed by atoms with Gasteiger partial charge in [-0.2, -0.15) is 13.2 Å². The highest BCUT2D eigenvalue weighted by Crippen LogP contribution is 2.36. The van der Waals surface area contributed by atoms with Crippen LogP contribution in [0.1, 0.15) is 18.9 Å². The van der Waals surface area contributed by atoms with Crippen molar-refractivity contribution in [1.82, 2.24) is 10.6 Å². The number of para-hydroxylation sites is 1. The van der Waals surface area contributed by atoms with Crippen LogP contribution in [0.25, 0.3) is 0 Å². The lowest BCUT2D eigenvalue weighted by atomic mass is 10.2. The monoisotopic (exact) mass is 346 g/mol. The van der Waals surface area contributed by atoms with Gasteiger partial charge in [-0.05, 0) is 18.6 Å². The molecule has 2 unspecified atom stereocenters. The molecule has 8 heteroatoms. The zero-order chi connectivity index (χ0) is 17.6. The molecule has 1 aromatic rings. The average molecular weight is 346 g/mol. The third-order valence-corrected chi connectivity index (χ3v) is 3.67. The summed E-state index contributed by atoms with van der Waals surface area (Å²) in [4.78, 5) is 12.0. The Labute approximate surface area is 138 Å². The summed E-state index contributed by atoms with van der Waals surface area (Å²) < 4.78 is 49.8. The molecule has 134 valence electrons. The zero-order valence-corrected chi connectivity index (χ0v) is 13.4. The van der Waals surface area contributed by atoms with Gasteiger partial charge in [0.15, 0.2) is 0 Å². The molecule has 1 aliphatic rings. The molecule has 0 saturated carbocycles. The van der Waals surface area contributed by atoms with Crippen LogP contribution in [0.3, 0.4) is 0 Å². The smallest absolute Gasteiger partial charge is 0.419 e. The lowest BCUT2D eigenvalue weighted by Gasteiger charge is -2.25. The van der Waals surface area contributed by atoms with Crippen molar-refractivity contribution in [2.24, 2.45) is 0 Å². The maximum absolute atomic E-state index is 13.0. The summed E-state index contributed by atoms with van der Waals surface area (Å²) in [5.41, 5.74) is -0.824. The highest BCUT2D eigenvalue weighted by molar-refractivity contribution is 5.81. The van der Waals surface area contributed by atoms with Gasteiger partial charge in [-0.25, -0.2) is 0 Å². The van der Waals surface area contributed by atoms with Gasteiger partial charge in [-0.1, -0.05) is 19.1 Å². The molecule has 0 radical (unpaired) electrons. The van der Waals surface area contributed by atoms with Crippen molar-refractivity contribution >= 4 is 5.91 Å². The lowest BCUT2D eigenvalue weighted by molar-refractivity contribution is -0.139. The molecule has 0 aromatic heterocycles. The molecule has 1 fully saturated rings. The second-order valence-electron chi connectivity index (χ2n) is 5.45. The Hall–Kier alpha value is -1.80. The second-order valence-corrected chi connectivity index (χ2v) is 5.45. The topological polar surface area (TPSA) is 59.6 Å². The van der Waals surface area contributed by atoms with Crippen LogP contribution >= 0.6 is 0 Å². The molecule has 0 bridgehead atoms. The normalized spacial score (nSPS) is 19.6. The lowest BCUT2D eigenvalue weighted by Crippen LogP contribution is -2.49. The molecule has 1 amide bonds. The number of morpholine rings is 1. The summed E-state index contributed by atoms with van der Waals surface area (Å²) in [6, 6.07) is 5.05. The number of hydrogen-bond acceptors (Lipinski definition) is 4. The maximum Gasteiger partial charge on any atom is 0.419 e. The molecule has 1 aliphatic heterocycles. The number of hydrogen-bond donors (Lipinski definition) is 2. The van der Waals surface area contributed by atoms with E-state index in [9.17, 15) is 18.0 Å². The Morgan fingerprint density at radius 3 is 2.83 bits per heavy atom. The van der Waals surface area contributed by atoms with E-state index >= 15 is 0 Å². The summed E-state index contributed by atoms with van der Waals surface area (Å²) in [5, 5.41) is 5.71. The predicted molar refractivity (Wildman–Crippen MR) is 81.8 cm³/mol. The van der Waals surface area contributed by atoms with Crippen LogP contribution in [0.15, 0.2) is 24.3 Å². The van der Waals surface area contributed by atoms with Crippen LogP contribution in [0.4, 0.5) is 13.2 Å². The van der Waals surface area contributed by atoms with Crippen LogP contribution in [-0.4, -0.2) is 44.4 Å². The van der Waals surface area contributed by atoms with Gasteiger partial charge in [0.25, 0.3) is 5.91 Å². The minimum Gasteiger partial charge on any atom is -0.488 e. The van der Waals surface area contributed by atoms with Crippen molar-refractivity contribution in [3.8, 4) is 5.75 Å². The summed E-state index contributed by atoms with van der Waals surface area (Å²) in [7, 11) is 0. The van der Waals surface area contributed by atoms with Gasteiger partial charge in [0, 0.05) is 13.1 Å². The quantitative estimate of drug-likeness (QED) is 0.827. The number of nitrogens with one attached hydrogen (secondary N) is 2. The molecule has 2 atom stereocenters. The number of carbonyl (C=O) groups is 1. The fourth-order valence-electron chi connectivity index (χ4n) is 2.31. The number of rotatable bonds is 6. The number of carbonyl (C=O) groups excluding carboxylic acids is 1. The summed E-state index contributed by atoms with van der Waals surface area (Å²) in [6.45, 7) is 3.46. The average Bonchev–Trinajstić information content (AvgIpc) is 2.58. The Bertz CT molecular complexity index is 546. The van der Waals surface area contributed by atoms with E-state index in [2.05, 4.69) is 10.6 Å². The summed E-state index contributed by atoms with van der Waals surface area (Å²) in [5.74, 6) is -0.532. The molecule has 1 saturated heterocycles. The van der Waals surface area contributed by atoms with E-state index in [1.165, 1.54) is 18.2 Å². The first-order valence-electron chi connectivity index (χ1n) is 7.84. The third kappa shape index (κ3) is 5.10. The van der Waals surface area contributed by atoms with Gasteiger partial charge in [0.2, 0.25) is 0 Å². The molecule has 0 aliphatic carbocycles. The van der Waals surface area contributed by atoms with E-state index in [1.54, 1.807) is 6.92 Å². The highest BCUT2D eigenvalue weighted by Gasteiger charge is 2.34. The molecule has 1 aromatic carbocycles. The first kappa shape index (κ1) is 18.5. The Morgan fingerprint density at radius 2 is 2.21 bits per heavy atom. The Kier molecular flexibility index (Phi) is 6.44. The minimum absolute atomic E-state index is 0.112. The SMILES string of the molecule is CCC(CNC(=O)C1CNCCO1)Oc1ccccc1C(F)(F)F. The second kappa shape index (κ2) is 8.34. The largest absolute Gasteiger partial charge is 0.488 e. The van der Waals surface area contributed by atoms with Crippen molar-refractivity contribution in [3.63, 3.8) is 0 Å². The van der Waals surface area contributed by atoms with Crippen LogP contribution < -0.4 is 15.4 Å². The van der Waals surface area contributed by atoms with Gasteiger partial charge >= 0.3 is 6.18 Å². The summed E-state index contributed by atoms with van der Waals surface area (Å²) >= 11 is 0. The first-order chi connectivity index (χ1) is 11.4. The highest BCUT2D eigenvalue weighted by atomic mass is 19.4. The van der Waals surface area contributed by atoms with Crippen molar-refractivity contribution in [2.45, 2.75) is 31.7 Å². The molecular weight excluding hydrogens is 325 g/mol. The van der Waals surface area contributed by atoms with E-state index in [4.69, 9.17) is 9.47 Å². The number of amides is 1. The molecule has 0 spiro atoms. The van der Waals surface area contributed by atoms with Crippen molar-refractivity contribution in [3.05, 3.63) is 29.8 Å². The van der Waals surface area contributed by atoms with Crippen LogP contribution in [0.2, 0.25) is 0 Å². The van der Waals surface area contributed by atoms with E-state index < -0.39 is 23.9 Å². The van der Waals surface area contributed by atoms with Crippen LogP contribution in [-0.2, 0) is 15.7 Å². The summed E-state index contributed by atoms with van der Waals surface area (Å²) in [6.07, 6.45) is -5.18. The van der Waals surface area contributed by atoms with Gasteiger partial charge in [-0.3, -0.25) is 4.79 Å². The third-order valence-electron chi connectivity index (χ3n) is 3.67. The van der Waals surface area contributed by atoms with Gasteiger partial charge in [-0.15, -0.1) is 0 Å². The number of benzene rings is 1. The van der Waals surface area contributed by atoms with Crippen molar-refractivity contribution in [1.29, 1.82) is 0 Å². The van der Waals surface area contributed by atoms with Crippen molar-refractivity contribution in [2.75, 3.05) is 26.2 Å². The molecular formula is C16H21F3N2O3. The molecule has 5 nitrogen and oxygen atoms in total. The van der Waals surface area contributed by atoms with E-state index in [1.807, 2.05) is 0 Å². The number of halogens is 3. The van der Waals surface area contributed by atoms with E-state index in [0.717, 1.165) is 6.07 Å². The Morgan fingerprint density at radius 1 is 1.46 bits per heavy atom. The fraction of sp³-hybridized carbons (Fsp3) is 0.562. The molecule has 1 heterocycles. The number of alkyl halides is 3. The fourth-order valence-corrected chi connectivity index (χ4v) is 2.31. The number of ether oxygens (including phenoxy) is 2. The van der Waals surface area contributed by atoms with Gasteiger partial charge < -0.3 is 20.1 Å². The Balaban J connectivity index is 1.94. The van der Waals surface area contributed by atoms with Gasteiger partial charge in [0.1, 0.15) is 18.0 Å². The molecule has 24 heavy (non-hydrogen) atoms. The van der Waals surface area contributed by atoms with Crippen LogP contribution in [0.5, 0.6) is 5.75 Å². The van der Waals surface area contributed by atoms with Gasteiger partial charge in [0.05, 0.1) is 18.7 Å². The van der Waals surface area contributed by atoms with Crippen LogP contribution in [0, 0.1) is 0 Å². The molecule has 2 N–H and O–H groups in total. The van der Waals surface area contributed by atoms with E-state index in [0.29, 0.717) is 26.1 Å². The van der Waals surface area contributed by atoms with E-state index in [-0.39, 0.29) is 18.2 Å². The maximum atomic E-state index is 13.0.